The number of benzene rings is 1. The predicted octanol–water partition coefficient (Wildman–Crippen LogP) is 0.817. The van der Waals surface area contributed by atoms with Gasteiger partial charge in [0.2, 0.25) is 0 Å². The van der Waals surface area contributed by atoms with Crippen LogP contribution in [-0.4, -0.2) is 35.9 Å². The quantitative estimate of drug-likeness (QED) is 0.718. The molecule has 0 radical (unpaired) electrons. The van der Waals surface area contributed by atoms with Gasteiger partial charge in [0.25, 0.3) is 5.91 Å². The lowest BCUT2D eigenvalue weighted by atomic mass is 9.96. The van der Waals surface area contributed by atoms with Gasteiger partial charge in [-0.15, -0.1) is 0 Å². The van der Waals surface area contributed by atoms with Crippen LogP contribution in [0.2, 0.25) is 0 Å². The molecule has 20 heavy (non-hydrogen) atoms. The first kappa shape index (κ1) is 14.7. The second-order valence-electron chi connectivity index (χ2n) is 4.87. The molecule has 0 aromatic heterocycles. The van der Waals surface area contributed by atoms with Crippen molar-refractivity contribution in [2.45, 2.75) is 25.0 Å². The highest BCUT2D eigenvalue weighted by molar-refractivity contribution is 5.95. The maximum Gasteiger partial charge on any atom is 0.257 e. The topological polar surface area (TPSA) is 84.6 Å². The Morgan fingerprint density at radius 3 is 2.90 bits per heavy atom. The molecule has 0 bridgehead atoms. The third kappa shape index (κ3) is 2.59. The Morgan fingerprint density at radius 1 is 1.60 bits per heavy atom. The van der Waals surface area contributed by atoms with Gasteiger partial charge in [0.15, 0.2) is 5.82 Å². The molecular weight excluding hydrogens is 270 g/mol. The summed E-state index contributed by atoms with van der Waals surface area (Å²) in [6.07, 6.45) is -0.116. The number of halogens is 2. The number of amides is 1. The van der Waals surface area contributed by atoms with E-state index in [0.717, 1.165) is 12.1 Å². The molecule has 1 heterocycles. The molecule has 0 spiro atoms. The molecule has 0 aliphatic carbocycles. The molecule has 2 atom stereocenters. The number of rotatable bonds is 3. The van der Waals surface area contributed by atoms with Gasteiger partial charge in [-0.1, -0.05) is 0 Å². The normalized spacial score (nSPS) is 25.7. The van der Waals surface area contributed by atoms with Crippen LogP contribution >= 0.6 is 0 Å². The highest BCUT2D eigenvalue weighted by atomic mass is 19.1. The molecule has 1 saturated heterocycles. The van der Waals surface area contributed by atoms with Gasteiger partial charge in [-0.3, -0.25) is 4.79 Å². The van der Waals surface area contributed by atoms with E-state index < -0.39 is 34.8 Å². The monoisotopic (exact) mass is 286 g/mol. The lowest BCUT2D eigenvalue weighted by Gasteiger charge is -2.26. The van der Waals surface area contributed by atoms with Crippen molar-refractivity contribution < 1.29 is 23.4 Å². The van der Waals surface area contributed by atoms with Gasteiger partial charge in [0, 0.05) is 19.6 Å². The molecular formula is C13H16F2N2O3. The van der Waals surface area contributed by atoms with Crippen molar-refractivity contribution in [2.75, 3.05) is 18.9 Å². The molecule has 1 amide bonds. The molecule has 0 saturated carbocycles. The molecule has 110 valence electrons. The number of nitrogens with two attached hydrogens (primary N) is 1. The molecule has 7 heteroatoms. The van der Waals surface area contributed by atoms with Crippen LogP contribution in [0.1, 0.15) is 23.7 Å². The summed E-state index contributed by atoms with van der Waals surface area (Å²) in [4.78, 5) is 11.8. The Balaban J connectivity index is 2.12. The van der Waals surface area contributed by atoms with Gasteiger partial charge in [-0.2, -0.15) is 0 Å². The number of hydrogen-bond donors (Lipinski definition) is 3. The maximum atomic E-state index is 13.7. The van der Waals surface area contributed by atoms with Gasteiger partial charge in [-0.25, -0.2) is 8.78 Å². The Bertz CT molecular complexity index is 539. The smallest absolute Gasteiger partial charge is 0.257 e. The van der Waals surface area contributed by atoms with E-state index in [-0.39, 0.29) is 12.2 Å². The van der Waals surface area contributed by atoms with E-state index in [9.17, 15) is 18.7 Å². The number of ether oxygens (including phenoxy) is 1. The van der Waals surface area contributed by atoms with Gasteiger partial charge in [0.05, 0.1) is 11.8 Å². The Hall–Kier alpha value is -1.73. The second-order valence-corrected chi connectivity index (χ2v) is 4.87. The number of nitrogens with one attached hydrogen (secondary N) is 1. The molecule has 5 nitrogen and oxygen atoms in total. The second kappa shape index (κ2) is 5.34. The van der Waals surface area contributed by atoms with Crippen molar-refractivity contribution in [3.8, 4) is 0 Å². The minimum absolute atomic E-state index is 0.152. The molecule has 2 unspecified atom stereocenters. The predicted molar refractivity (Wildman–Crippen MR) is 68.1 cm³/mol. The zero-order chi connectivity index (χ0) is 14.9. The summed E-state index contributed by atoms with van der Waals surface area (Å²) in [5.74, 6) is -3.07. The van der Waals surface area contributed by atoms with Crippen LogP contribution in [0.25, 0.3) is 0 Å². The highest BCUT2D eigenvalue weighted by Gasteiger charge is 2.40. The van der Waals surface area contributed by atoms with Crippen molar-refractivity contribution in [1.29, 1.82) is 0 Å². The lowest BCUT2D eigenvalue weighted by Crippen LogP contribution is -2.47. The summed E-state index contributed by atoms with van der Waals surface area (Å²) in [5, 5.41) is 12.5. The molecule has 4 N–H and O–H groups in total. The summed E-state index contributed by atoms with van der Waals surface area (Å²) >= 11 is 0. The summed E-state index contributed by atoms with van der Waals surface area (Å²) in [5.41, 5.74) is 3.01. The van der Waals surface area contributed by atoms with Crippen LogP contribution in [0.3, 0.4) is 0 Å². The van der Waals surface area contributed by atoms with Crippen LogP contribution < -0.4 is 11.1 Å². The van der Waals surface area contributed by atoms with Crippen LogP contribution in [0.15, 0.2) is 12.1 Å². The van der Waals surface area contributed by atoms with Crippen LogP contribution in [-0.2, 0) is 4.74 Å². The zero-order valence-electron chi connectivity index (χ0n) is 11.0. The van der Waals surface area contributed by atoms with Crippen LogP contribution in [0.5, 0.6) is 0 Å². The molecule has 1 aromatic carbocycles. The Kier molecular flexibility index (Phi) is 3.92. The first-order chi connectivity index (χ1) is 9.35. The lowest BCUT2D eigenvalue weighted by molar-refractivity contribution is -0.0252. The highest BCUT2D eigenvalue weighted by Crippen LogP contribution is 2.25. The van der Waals surface area contributed by atoms with Crippen molar-refractivity contribution in [1.82, 2.24) is 5.32 Å². The fourth-order valence-electron chi connectivity index (χ4n) is 2.10. The van der Waals surface area contributed by atoms with Crippen molar-refractivity contribution in [3.05, 3.63) is 29.3 Å². The van der Waals surface area contributed by atoms with E-state index in [1.807, 2.05) is 0 Å². The number of carbonyl (C=O) groups excluding carboxylic acids is 1. The van der Waals surface area contributed by atoms with E-state index in [1.165, 1.54) is 0 Å². The van der Waals surface area contributed by atoms with Gasteiger partial charge in [0.1, 0.15) is 17.0 Å². The summed E-state index contributed by atoms with van der Waals surface area (Å²) in [7, 11) is 0. The first-order valence-corrected chi connectivity index (χ1v) is 6.21. The fraction of sp³-hybridized carbons (Fsp3) is 0.462. The minimum atomic E-state index is -1.23. The number of anilines is 1. The minimum Gasteiger partial charge on any atom is -0.396 e. The van der Waals surface area contributed by atoms with Crippen molar-refractivity contribution >= 4 is 11.6 Å². The third-order valence-corrected chi connectivity index (χ3v) is 3.56. The number of aliphatic hydroxyl groups is 1. The number of hydrogen-bond acceptors (Lipinski definition) is 4. The van der Waals surface area contributed by atoms with Crippen molar-refractivity contribution in [2.24, 2.45) is 0 Å². The van der Waals surface area contributed by atoms with Crippen LogP contribution in [0, 0.1) is 11.6 Å². The molecule has 1 aromatic rings. The van der Waals surface area contributed by atoms with Gasteiger partial charge in [-0.05, 0) is 19.1 Å². The largest absolute Gasteiger partial charge is 0.396 e. The van der Waals surface area contributed by atoms with E-state index >= 15 is 0 Å². The fourth-order valence-corrected chi connectivity index (χ4v) is 2.10. The number of carbonyl (C=O) groups is 1. The average Bonchev–Trinajstić information content (AvgIpc) is 2.73. The summed E-state index contributed by atoms with van der Waals surface area (Å²) in [6, 6.07) is 1.96. The molecule has 1 aliphatic heterocycles. The molecule has 1 aliphatic rings. The van der Waals surface area contributed by atoms with Crippen LogP contribution in [0.4, 0.5) is 14.5 Å². The van der Waals surface area contributed by atoms with E-state index in [4.69, 9.17) is 10.5 Å². The molecule has 2 rings (SSSR count). The van der Waals surface area contributed by atoms with E-state index in [0.29, 0.717) is 13.0 Å². The maximum absolute atomic E-state index is 13.7. The summed E-state index contributed by atoms with van der Waals surface area (Å²) < 4.78 is 32.4. The van der Waals surface area contributed by atoms with Crippen molar-refractivity contribution in [3.63, 3.8) is 0 Å². The first-order valence-electron chi connectivity index (χ1n) is 6.21. The Morgan fingerprint density at radius 2 is 2.30 bits per heavy atom. The third-order valence-electron chi connectivity index (χ3n) is 3.56. The van der Waals surface area contributed by atoms with E-state index in [2.05, 4.69) is 5.32 Å². The van der Waals surface area contributed by atoms with Gasteiger partial charge < -0.3 is 20.9 Å². The standard InChI is InChI=1S/C13H16F2N2O3/c1-7-13(19,4-5-20-7)6-17-12(18)10-8(14)2-3-9(16)11(10)15/h2-3,7,19H,4-6,16H2,1H3,(H,17,18). The van der Waals surface area contributed by atoms with Gasteiger partial charge >= 0.3 is 0 Å². The SMILES string of the molecule is CC1OCCC1(O)CNC(=O)c1c(F)ccc(N)c1F. The number of nitrogen functional groups attached to an aromatic ring is 1. The van der Waals surface area contributed by atoms with E-state index in [1.54, 1.807) is 6.92 Å². The Labute approximate surface area is 114 Å². The summed E-state index contributed by atoms with van der Waals surface area (Å²) in [6.45, 7) is 1.88. The molecule has 1 fully saturated rings. The average molecular weight is 286 g/mol. The zero-order valence-corrected chi connectivity index (χ0v) is 11.0.